The van der Waals surface area contributed by atoms with Gasteiger partial charge in [-0.2, -0.15) is 22.8 Å². The van der Waals surface area contributed by atoms with E-state index in [0.717, 1.165) is 17.7 Å². The van der Waals surface area contributed by atoms with Gasteiger partial charge in [-0.3, -0.25) is 0 Å². The van der Waals surface area contributed by atoms with E-state index in [4.69, 9.17) is 11.6 Å². The second-order valence-electron chi connectivity index (χ2n) is 5.62. The van der Waals surface area contributed by atoms with Gasteiger partial charge in [0.2, 0.25) is 4.96 Å². The van der Waals surface area contributed by atoms with Gasteiger partial charge in [0.1, 0.15) is 5.01 Å². The maximum absolute atomic E-state index is 12.7. The van der Waals surface area contributed by atoms with E-state index < -0.39 is 11.7 Å². The molecule has 0 saturated heterocycles. The highest BCUT2D eigenvalue weighted by Gasteiger charge is 2.30. The lowest BCUT2D eigenvalue weighted by Crippen LogP contribution is -2.04. The Morgan fingerprint density at radius 3 is 2.30 bits per heavy atom. The maximum Gasteiger partial charge on any atom is 0.416 e. The topological polar surface area (TPSA) is 43.1 Å². The van der Waals surface area contributed by atoms with Crippen molar-refractivity contribution in [1.82, 2.24) is 19.8 Å². The zero-order valence-electron chi connectivity index (χ0n) is 13.5. The van der Waals surface area contributed by atoms with E-state index in [9.17, 15) is 13.2 Å². The van der Waals surface area contributed by atoms with Gasteiger partial charge in [0.25, 0.3) is 0 Å². The third-order valence-corrected chi connectivity index (χ3v) is 4.88. The number of benzene rings is 2. The third-order valence-electron chi connectivity index (χ3n) is 3.77. The molecule has 9 heteroatoms. The number of hydrogen-bond donors (Lipinski definition) is 0. The molecule has 27 heavy (non-hydrogen) atoms. The van der Waals surface area contributed by atoms with E-state index in [1.54, 1.807) is 12.1 Å². The van der Waals surface area contributed by atoms with Gasteiger partial charge in [0.15, 0.2) is 5.82 Å². The van der Waals surface area contributed by atoms with Crippen molar-refractivity contribution in [2.45, 2.75) is 6.18 Å². The van der Waals surface area contributed by atoms with Crippen molar-refractivity contribution in [2.75, 3.05) is 0 Å². The van der Waals surface area contributed by atoms with Crippen LogP contribution in [0.2, 0.25) is 5.02 Å². The first-order valence-corrected chi connectivity index (χ1v) is 8.93. The van der Waals surface area contributed by atoms with Crippen molar-refractivity contribution in [3.63, 3.8) is 0 Å². The van der Waals surface area contributed by atoms with Gasteiger partial charge < -0.3 is 0 Å². The van der Waals surface area contributed by atoms with Gasteiger partial charge in [-0.1, -0.05) is 53.3 Å². The molecule has 2 heterocycles. The molecule has 4 nitrogen and oxygen atoms in total. The van der Waals surface area contributed by atoms with Crippen LogP contribution in [-0.2, 0) is 6.18 Å². The molecular formula is C18H10ClF3N4S. The zero-order chi connectivity index (χ0) is 19.0. The molecule has 2 aromatic carbocycles. The molecule has 0 aliphatic rings. The van der Waals surface area contributed by atoms with Crippen LogP contribution in [-0.4, -0.2) is 19.8 Å². The van der Waals surface area contributed by atoms with E-state index in [0.29, 0.717) is 26.4 Å². The Morgan fingerprint density at radius 2 is 1.63 bits per heavy atom. The Kier molecular flexibility index (Phi) is 4.45. The number of aromatic nitrogens is 4. The Labute approximate surface area is 160 Å². The zero-order valence-corrected chi connectivity index (χ0v) is 15.1. The predicted octanol–water partition coefficient (Wildman–Crippen LogP) is 5.70. The van der Waals surface area contributed by atoms with Crippen LogP contribution in [0.3, 0.4) is 0 Å². The number of hydrogen-bond acceptors (Lipinski definition) is 4. The minimum Gasteiger partial charge on any atom is -0.182 e. The van der Waals surface area contributed by atoms with Crippen molar-refractivity contribution in [2.24, 2.45) is 0 Å². The smallest absolute Gasteiger partial charge is 0.182 e. The highest BCUT2D eigenvalue weighted by Crippen LogP contribution is 2.31. The SMILES string of the molecule is FC(F)(F)c1ccc(-c2nnc3sc(/C=C\c4ccc(Cl)cc4)nn23)cc1. The Balaban J connectivity index is 1.63. The Bertz CT molecular complexity index is 1110. The minimum atomic E-state index is -4.38. The summed E-state index contributed by atoms with van der Waals surface area (Å²) in [4.78, 5) is 0.556. The molecule has 4 rings (SSSR count). The molecule has 0 amide bonds. The van der Waals surface area contributed by atoms with Crippen LogP contribution in [0.15, 0.2) is 48.5 Å². The summed E-state index contributed by atoms with van der Waals surface area (Å²) >= 11 is 7.19. The summed E-state index contributed by atoms with van der Waals surface area (Å²) in [5.41, 5.74) is 0.763. The number of rotatable bonds is 3. The van der Waals surface area contributed by atoms with Crippen LogP contribution < -0.4 is 0 Å². The van der Waals surface area contributed by atoms with E-state index in [1.165, 1.54) is 28.0 Å². The van der Waals surface area contributed by atoms with Crippen LogP contribution in [0, 0.1) is 0 Å². The minimum absolute atomic E-state index is 0.390. The summed E-state index contributed by atoms with van der Waals surface area (Å²) in [6, 6.07) is 12.1. The van der Waals surface area contributed by atoms with E-state index in [-0.39, 0.29) is 0 Å². The molecule has 2 aromatic heterocycles. The molecule has 0 N–H and O–H groups in total. The van der Waals surface area contributed by atoms with Crippen LogP contribution in [0.4, 0.5) is 13.2 Å². The lowest BCUT2D eigenvalue weighted by atomic mass is 10.1. The molecule has 0 atom stereocenters. The standard InChI is InChI=1S/C18H10ClF3N4S/c19-14-8-1-11(2-9-14)3-10-15-25-26-16(23-24-17(26)27-15)12-4-6-13(7-5-12)18(20,21)22/h1-10H/b10-3-. The number of halogens is 4. The largest absolute Gasteiger partial charge is 0.416 e. The third kappa shape index (κ3) is 3.72. The summed E-state index contributed by atoms with van der Waals surface area (Å²) in [5.74, 6) is 0.390. The Hall–Kier alpha value is -2.71. The molecular weight excluding hydrogens is 397 g/mol. The average Bonchev–Trinajstić information content (AvgIpc) is 3.21. The fourth-order valence-electron chi connectivity index (χ4n) is 2.43. The van der Waals surface area contributed by atoms with Crippen LogP contribution in [0.1, 0.15) is 16.1 Å². The molecule has 0 saturated carbocycles. The van der Waals surface area contributed by atoms with Crippen molar-refractivity contribution in [3.05, 3.63) is 69.7 Å². The molecule has 0 radical (unpaired) electrons. The summed E-state index contributed by atoms with van der Waals surface area (Å²) in [5, 5.41) is 13.9. The van der Waals surface area contributed by atoms with Crippen LogP contribution in [0.5, 0.6) is 0 Å². The van der Waals surface area contributed by atoms with Crippen molar-refractivity contribution in [1.29, 1.82) is 0 Å². The van der Waals surface area contributed by atoms with Gasteiger partial charge in [-0.15, -0.1) is 10.2 Å². The fraction of sp³-hybridized carbons (Fsp3) is 0.0556. The van der Waals surface area contributed by atoms with Crippen molar-refractivity contribution >= 4 is 40.1 Å². The molecule has 0 aliphatic heterocycles. The van der Waals surface area contributed by atoms with Crippen molar-refractivity contribution < 1.29 is 13.2 Å². The molecule has 0 aliphatic carbocycles. The average molecular weight is 407 g/mol. The monoisotopic (exact) mass is 406 g/mol. The van der Waals surface area contributed by atoms with Gasteiger partial charge in [0.05, 0.1) is 5.56 Å². The summed E-state index contributed by atoms with van der Waals surface area (Å²) in [6.07, 6.45) is -0.655. The highest BCUT2D eigenvalue weighted by atomic mass is 35.5. The van der Waals surface area contributed by atoms with Crippen molar-refractivity contribution in [3.8, 4) is 11.4 Å². The quantitative estimate of drug-likeness (QED) is 0.438. The molecule has 4 aromatic rings. The first-order valence-electron chi connectivity index (χ1n) is 7.74. The summed E-state index contributed by atoms with van der Waals surface area (Å²) in [7, 11) is 0. The lowest BCUT2D eigenvalue weighted by Gasteiger charge is -2.06. The van der Waals surface area contributed by atoms with Crippen LogP contribution in [0.25, 0.3) is 28.5 Å². The van der Waals surface area contributed by atoms with Gasteiger partial charge in [-0.25, -0.2) is 0 Å². The second-order valence-corrected chi connectivity index (χ2v) is 7.04. The maximum atomic E-state index is 12.7. The van der Waals surface area contributed by atoms with Crippen LogP contribution >= 0.6 is 22.9 Å². The highest BCUT2D eigenvalue weighted by molar-refractivity contribution is 7.17. The predicted molar refractivity (Wildman–Crippen MR) is 99.5 cm³/mol. The van der Waals surface area contributed by atoms with E-state index in [2.05, 4.69) is 15.3 Å². The molecule has 136 valence electrons. The fourth-order valence-corrected chi connectivity index (χ4v) is 3.30. The number of fused-ring (bicyclic) bond motifs is 1. The van der Waals surface area contributed by atoms with E-state index >= 15 is 0 Å². The molecule has 0 unspecified atom stereocenters. The van der Waals surface area contributed by atoms with E-state index in [1.807, 2.05) is 24.3 Å². The Morgan fingerprint density at radius 1 is 0.926 bits per heavy atom. The van der Waals surface area contributed by atoms with Gasteiger partial charge in [-0.05, 0) is 35.9 Å². The summed E-state index contributed by atoms with van der Waals surface area (Å²) < 4.78 is 39.6. The first kappa shape index (κ1) is 17.7. The number of nitrogens with zero attached hydrogens (tertiary/aromatic N) is 4. The van der Waals surface area contributed by atoms with Gasteiger partial charge >= 0.3 is 6.18 Å². The van der Waals surface area contributed by atoms with Gasteiger partial charge in [0, 0.05) is 10.6 Å². The lowest BCUT2D eigenvalue weighted by molar-refractivity contribution is -0.137. The molecule has 0 bridgehead atoms. The summed E-state index contributed by atoms with van der Waals surface area (Å²) in [6.45, 7) is 0. The normalized spacial score (nSPS) is 12.3. The second kappa shape index (κ2) is 6.79. The first-order chi connectivity index (χ1) is 12.9. The molecule has 0 spiro atoms. The number of alkyl halides is 3. The molecule has 0 fully saturated rings.